The first-order valence-corrected chi connectivity index (χ1v) is 4.41. The highest BCUT2D eigenvalue weighted by atomic mass is 16.3. The molecule has 0 unspecified atom stereocenters. The molecule has 2 nitrogen and oxygen atoms in total. The van der Waals surface area contributed by atoms with Crippen LogP contribution in [0.4, 0.5) is 0 Å². The van der Waals surface area contributed by atoms with Crippen LogP contribution in [0, 0.1) is 5.41 Å². The molecule has 13 heavy (non-hydrogen) atoms. The van der Waals surface area contributed by atoms with Crippen LogP contribution in [0.5, 0.6) is 0 Å². The molecule has 1 aromatic rings. The van der Waals surface area contributed by atoms with E-state index in [1.54, 1.807) is 0 Å². The van der Waals surface area contributed by atoms with Crippen LogP contribution >= 0.6 is 0 Å². The molecule has 1 aromatic carbocycles. The lowest BCUT2D eigenvalue weighted by molar-refractivity contribution is 0.0722. The van der Waals surface area contributed by atoms with E-state index >= 15 is 0 Å². The van der Waals surface area contributed by atoms with E-state index in [-0.39, 0.29) is 12.4 Å². The molecule has 0 bridgehead atoms. The number of rotatable bonds is 1. The molecule has 1 N–H and O–H groups in total. The van der Waals surface area contributed by atoms with Crippen molar-refractivity contribution in [2.45, 2.75) is 13.3 Å². The molecule has 0 saturated heterocycles. The van der Waals surface area contributed by atoms with Crippen LogP contribution < -0.4 is 0 Å². The number of Topliss-reactive ketones (excluding diaryl/α,β-unsaturated/α-hetero) is 1. The topological polar surface area (TPSA) is 37.3 Å². The molecule has 68 valence electrons. The SMILES string of the molecule is C[C@@]1(CO)Cc2ccccc2C1=O. The standard InChI is InChI=1S/C11H12O2/c1-11(7-12)6-8-4-2-3-5-9(8)10(11)13/h2-5,12H,6-7H2,1H3/t11-/m0/s1. The molecule has 0 saturated carbocycles. The number of aliphatic hydroxyl groups excluding tert-OH is 1. The summed E-state index contributed by atoms with van der Waals surface area (Å²) in [5.74, 6) is 0.0746. The number of hydrogen-bond acceptors (Lipinski definition) is 2. The number of fused-ring (bicyclic) bond motifs is 1. The number of benzene rings is 1. The number of hydrogen-bond donors (Lipinski definition) is 1. The molecule has 1 aliphatic rings. The summed E-state index contributed by atoms with van der Waals surface area (Å²) in [6.45, 7) is 1.75. The van der Waals surface area contributed by atoms with Crippen molar-refractivity contribution in [3.05, 3.63) is 35.4 Å². The molecule has 1 aliphatic carbocycles. The van der Waals surface area contributed by atoms with Crippen molar-refractivity contribution >= 4 is 5.78 Å². The Morgan fingerprint density at radius 1 is 1.46 bits per heavy atom. The van der Waals surface area contributed by atoms with Gasteiger partial charge in [0.15, 0.2) is 5.78 Å². The Labute approximate surface area is 77.2 Å². The second-order valence-electron chi connectivity index (χ2n) is 3.88. The second-order valence-corrected chi connectivity index (χ2v) is 3.88. The first kappa shape index (κ1) is 8.45. The highest BCUT2D eigenvalue weighted by Crippen LogP contribution is 2.35. The summed E-state index contributed by atoms with van der Waals surface area (Å²) in [5, 5.41) is 9.15. The zero-order valence-electron chi connectivity index (χ0n) is 7.58. The minimum atomic E-state index is -0.580. The fraction of sp³-hybridized carbons (Fsp3) is 0.364. The third kappa shape index (κ3) is 1.10. The Bertz CT molecular complexity index is 357. The molecule has 2 heteroatoms. The maximum Gasteiger partial charge on any atom is 0.171 e. The number of carbonyl (C=O) groups is 1. The average molecular weight is 176 g/mol. The lowest BCUT2D eigenvalue weighted by atomic mass is 9.87. The van der Waals surface area contributed by atoms with Gasteiger partial charge in [0.25, 0.3) is 0 Å². The summed E-state index contributed by atoms with van der Waals surface area (Å²) in [5.41, 5.74) is 1.26. The van der Waals surface area contributed by atoms with Crippen molar-refractivity contribution in [1.29, 1.82) is 0 Å². The van der Waals surface area contributed by atoms with E-state index in [9.17, 15) is 4.79 Å². The average Bonchev–Trinajstić information content (AvgIpc) is 2.41. The molecule has 2 rings (SSSR count). The summed E-state index contributed by atoms with van der Waals surface area (Å²) < 4.78 is 0. The van der Waals surface area contributed by atoms with Crippen LogP contribution in [-0.2, 0) is 6.42 Å². The fourth-order valence-corrected chi connectivity index (χ4v) is 1.85. The van der Waals surface area contributed by atoms with Crippen molar-refractivity contribution in [2.24, 2.45) is 5.41 Å². The fourth-order valence-electron chi connectivity index (χ4n) is 1.85. The molecule has 0 heterocycles. The Morgan fingerprint density at radius 2 is 2.15 bits per heavy atom. The van der Waals surface area contributed by atoms with E-state index in [2.05, 4.69) is 0 Å². The first-order chi connectivity index (χ1) is 6.17. The molecule has 0 amide bonds. The van der Waals surface area contributed by atoms with Gasteiger partial charge in [-0.3, -0.25) is 4.79 Å². The van der Waals surface area contributed by atoms with Crippen LogP contribution in [0.1, 0.15) is 22.8 Å². The van der Waals surface area contributed by atoms with Crippen LogP contribution in [0.2, 0.25) is 0 Å². The normalized spacial score (nSPS) is 26.2. The van der Waals surface area contributed by atoms with Crippen molar-refractivity contribution in [3.63, 3.8) is 0 Å². The Hall–Kier alpha value is -1.15. The Balaban J connectivity index is 2.50. The zero-order valence-corrected chi connectivity index (χ0v) is 7.58. The minimum absolute atomic E-state index is 0.0689. The Kier molecular flexibility index (Phi) is 1.74. The molecule has 0 aliphatic heterocycles. The summed E-state index contributed by atoms with van der Waals surface area (Å²) in [7, 11) is 0. The lowest BCUT2D eigenvalue weighted by Crippen LogP contribution is -2.28. The third-order valence-electron chi connectivity index (χ3n) is 2.74. The molecule has 0 spiro atoms. The van der Waals surface area contributed by atoms with Crippen molar-refractivity contribution < 1.29 is 9.90 Å². The molecule has 0 fully saturated rings. The molecule has 1 atom stereocenters. The van der Waals surface area contributed by atoms with E-state index in [0.717, 1.165) is 11.1 Å². The van der Waals surface area contributed by atoms with Crippen LogP contribution in [-0.4, -0.2) is 17.5 Å². The van der Waals surface area contributed by atoms with E-state index in [0.29, 0.717) is 6.42 Å². The van der Waals surface area contributed by atoms with Gasteiger partial charge < -0.3 is 5.11 Å². The quantitative estimate of drug-likeness (QED) is 0.702. The van der Waals surface area contributed by atoms with Gasteiger partial charge in [-0.1, -0.05) is 24.3 Å². The number of ketones is 1. The van der Waals surface area contributed by atoms with E-state index < -0.39 is 5.41 Å². The van der Waals surface area contributed by atoms with Gasteiger partial charge in [-0.2, -0.15) is 0 Å². The molecular formula is C11H12O2. The van der Waals surface area contributed by atoms with E-state index in [1.807, 2.05) is 31.2 Å². The molecule has 0 aromatic heterocycles. The van der Waals surface area contributed by atoms with Gasteiger partial charge >= 0.3 is 0 Å². The van der Waals surface area contributed by atoms with Crippen LogP contribution in [0.3, 0.4) is 0 Å². The maximum absolute atomic E-state index is 11.8. The third-order valence-corrected chi connectivity index (χ3v) is 2.74. The molecule has 0 radical (unpaired) electrons. The lowest BCUT2D eigenvalue weighted by Gasteiger charge is -2.17. The van der Waals surface area contributed by atoms with E-state index in [4.69, 9.17) is 5.11 Å². The van der Waals surface area contributed by atoms with Gasteiger partial charge in [0, 0.05) is 5.56 Å². The second kappa shape index (κ2) is 2.67. The number of carbonyl (C=O) groups excluding carboxylic acids is 1. The predicted molar refractivity (Wildman–Crippen MR) is 49.7 cm³/mol. The van der Waals surface area contributed by atoms with Crippen molar-refractivity contribution in [1.82, 2.24) is 0 Å². The summed E-state index contributed by atoms with van der Waals surface area (Å²) in [6, 6.07) is 7.57. The van der Waals surface area contributed by atoms with Crippen LogP contribution in [0.25, 0.3) is 0 Å². The smallest absolute Gasteiger partial charge is 0.171 e. The summed E-state index contributed by atoms with van der Waals surface area (Å²) >= 11 is 0. The van der Waals surface area contributed by atoms with E-state index in [1.165, 1.54) is 0 Å². The largest absolute Gasteiger partial charge is 0.395 e. The number of aliphatic hydroxyl groups is 1. The van der Waals surface area contributed by atoms with Gasteiger partial charge in [-0.25, -0.2) is 0 Å². The summed E-state index contributed by atoms with van der Waals surface area (Å²) in [6.07, 6.45) is 0.665. The molecular weight excluding hydrogens is 164 g/mol. The zero-order chi connectivity index (χ0) is 9.47. The van der Waals surface area contributed by atoms with Gasteiger partial charge in [0.1, 0.15) is 0 Å². The van der Waals surface area contributed by atoms with Gasteiger partial charge in [-0.15, -0.1) is 0 Å². The van der Waals surface area contributed by atoms with Gasteiger partial charge in [0.2, 0.25) is 0 Å². The maximum atomic E-state index is 11.8. The predicted octanol–water partition coefficient (Wildman–Crippen LogP) is 1.42. The highest BCUT2D eigenvalue weighted by Gasteiger charge is 2.40. The highest BCUT2D eigenvalue weighted by molar-refractivity contribution is 6.04. The van der Waals surface area contributed by atoms with Gasteiger partial charge in [-0.05, 0) is 18.9 Å². The van der Waals surface area contributed by atoms with Crippen LogP contribution in [0.15, 0.2) is 24.3 Å². The monoisotopic (exact) mass is 176 g/mol. The Morgan fingerprint density at radius 3 is 2.77 bits per heavy atom. The minimum Gasteiger partial charge on any atom is -0.395 e. The van der Waals surface area contributed by atoms with Gasteiger partial charge in [0.05, 0.1) is 12.0 Å². The first-order valence-electron chi connectivity index (χ1n) is 4.41. The summed E-state index contributed by atoms with van der Waals surface area (Å²) in [4.78, 5) is 11.8. The van der Waals surface area contributed by atoms with Crippen molar-refractivity contribution in [3.8, 4) is 0 Å². The van der Waals surface area contributed by atoms with Crippen molar-refractivity contribution in [2.75, 3.05) is 6.61 Å².